The molecule has 7 aliphatic heterocycles. The quantitative estimate of drug-likeness (QED) is 0.207. The Labute approximate surface area is 481 Å². The van der Waals surface area contributed by atoms with Gasteiger partial charge in [0.05, 0.1) is 57.9 Å². The number of likely N-dealkylation sites (N-methyl/N-ethyl adjacent to an activating group) is 4. The highest BCUT2D eigenvalue weighted by atomic mass is 16.5. The highest BCUT2D eigenvalue weighted by Gasteiger charge is 2.34. The first-order chi connectivity index (χ1) is 35.8. The largest absolute Gasteiger partial charge is 0.379 e. The molecule has 0 aliphatic carbocycles. The Morgan fingerprint density at radius 1 is 0.532 bits per heavy atom. The summed E-state index contributed by atoms with van der Waals surface area (Å²) < 4.78 is 21.0. The van der Waals surface area contributed by atoms with Crippen LogP contribution in [0.2, 0.25) is 0 Å². The monoisotopic (exact) mass is 1100 g/mol. The molecule has 1 atom stereocenters. The zero-order valence-electron chi connectivity index (χ0n) is 56.3. The number of rotatable bonds is 12. The molecular formula is C62H137N11O4. The van der Waals surface area contributed by atoms with Crippen molar-refractivity contribution in [2.75, 3.05) is 186 Å². The number of hydrogen-bond donors (Lipinski definition) is 1. The van der Waals surface area contributed by atoms with E-state index in [4.69, 9.17) is 18.9 Å². The number of nitrogens with one attached hydrogen (secondary N) is 1. The average molecular weight is 1100 g/mol. The van der Waals surface area contributed by atoms with Gasteiger partial charge in [0, 0.05) is 152 Å². The molecule has 0 saturated carbocycles. The fourth-order valence-corrected chi connectivity index (χ4v) is 10.3. The SMILES string of the molecule is CC(C)N(C)C1COC1.CC(C)N1CCC1.CC(C)N1CCN(C)CC1.CC(C)N1CCN(C)CC1(C)C.CC(C)N1CCNCC1(C)C.CC(C)N1CCOCC1.CC(C)N1CCO[C@@H](C)C1.CC(C)OCCN(C)C. The minimum atomic E-state index is 0.340. The standard InChI is InChI=1S/C10H22N2.C9H20N2.C8H18N2.C8H17NO.2C7H15NO.C7H17NO.C6H13N/c1-9(2)12-7-6-11(5)8-10(12,3)4;1-8(2)11-6-5-10-7-9(11,3)4;1-8(2)10-6-4-9(3)5-7-10;1-7(2)9-4-5-10-8(3)6-9;1-6(2)8(3)7-4-9-5-7;1-7(2)8-3-5-9-6-4-8;1-7(2)9-6-5-8(3)4;1-6(2)7-4-3-5-7/h9H,6-8H2,1-5H3;8,10H,5-7H2,1-4H3;8H,4-7H2,1-3H3;7-8H,4-6H2,1-3H3;6-7H,4-5H2,1-3H3;7H,3-6H2,1-2H3;7H,5-6H2,1-4H3;6H,3-5H2,1-2H3/t;;;8-;;;;/m...0..../s1. The molecule has 0 spiro atoms. The fraction of sp³-hybridized carbons (Fsp3) is 1.00. The Hall–Kier alpha value is -0.600. The van der Waals surface area contributed by atoms with Gasteiger partial charge in [0.15, 0.2) is 0 Å². The maximum atomic E-state index is 5.42. The second-order valence-corrected chi connectivity index (χ2v) is 26.7. The maximum absolute atomic E-state index is 5.42. The van der Waals surface area contributed by atoms with Crippen molar-refractivity contribution in [2.24, 2.45) is 0 Å². The third kappa shape index (κ3) is 35.2. The zero-order chi connectivity index (χ0) is 59.1. The van der Waals surface area contributed by atoms with E-state index in [2.05, 4.69) is 221 Å². The topological polar surface area (TPSA) is 81.4 Å². The van der Waals surface area contributed by atoms with Crippen LogP contribution in [0.25, 0.3) is 0 Å². The molecule has 0 aromatic heterocycles. The number of morpholine rings is 2. The van der Waals surface area contributed by atoms with Crippen LogP contribution in [0.5, 0.6) is 0 Å². The normalized spacial score (nSPS) is 23.3. The lowest BCUT2D eigenvalue weighted by Crippen LogP contribution is -2.60. The highest BCUT2D eigenvalue weighted by Crippen LogP contribution is 2.22. The number of ether oxygens (including phenoxy) is 4. The summed E-state index contributed by atoms with van der Waals surface area (Å²) in [5.74, 6) is 0. The van der Waals surface area contributed by atoms with E-state index in [1.807, 2.05) is 14.1 Å². The molecule has 464 valence electrons. The van der Waals surface area contributed by atoms with Crippen molar-refractivity contribution in [1.29, 1.82) is 0 Å². The predicted octanol–water partition coefficient (Wildman–Crippen LogP) is 7.78. The van der Waals surface area contributed by atoms with E-state index in [1.54, 1.807) is 0 Å². The third-order valence-electron chi connectivity index (χ3n) is 15.9. The molecule has 0 radical (unpaired) electrons. The Kier molecular flexibility index (Phi) is 41.1. The summed E-state index contributed by atoms with van der Waals surface area (Å²) in [6.07, 6.45) is 2.21. The number of nitrogens with zero attached hydrogens (tertiary/aromatic N) is 10. The lowest BCUT2D eigenvalue weighted by atomic mass is 9.97. The number of piperazine rings is 3. The second-order valence-electron chi connectivity index (χ2n) is 26.7. The first-order valence-electron chi connectivity index (χ1n) is 31.1. The third-order valence-corrected chi connectivity index (χ3v) is 15.9. The van der Waals surface area contributed by atoms with Crippen molar-refractivity contribution in [2.45, 2.75) is 223 Å². The summed E-state index contributed by atoms with van der Waals surface area (Å²) in [5.41, 5.74) is 0.688. The van der Waals surface area contributed by atoms with Gasteiger partial charge in [-0.2, -0.15) is 0 Å². The summed E-state index contributed by atoms with van der Waals surface area (Å²) in [4.78, 5) is 24.3. The number of likely N-dealkylation sites (tertiary alicyclic amines) is 1. The zero-order valence-corrected chi connectivity index (χ0v) is 56.3. The molecule has 1 N–H and O–H groups in total. The van der Waals surface area contributed by atoms with Gasteiger partial charge in [-0.15, -0.1) is 0 Å². The van der Waals surface area contributed by atoms with Crippen LogP contribution >= 0.6 is 0 Å². The molecule has 0 bridgehead atoms. The minimum absolute atomic E-state index is 0.340. The molecule has 0 amide bonds. The molecule has 15 nitrogen and oxygen atoms in total. The van der Waals surface area contributed by atoms with Crippen LogP contribution in [0.3, 0.4) is 0 Å². The van der Waals surface area contributed by atoms with Crippen LogP contribution < -0.4 is 5.32 Å². The molecule has 0 aromatic rings. The Morgan fingerprint density at radius 2 is 1.00 bits per heavy atom. The van der Waals surface area contributed by atoms with Crippen molar-refractivity contribution < 1.29 is 18.9 Å². The van der Waals surface area contributed by atoms with Gasteiger partial charge in [0.25, 0.3) is 0 Å². The van der Waals surface area contributed by atoms with Crippen LogP contribution in [0.15, 0.2) is 0 Å². The summed E-state index contributed by atoms with van der Waals surface area (Å²) in [6, 6.07) is 5.56. The molecular weight excluding hydrogens is 963 g/mol. The molecule has 7 rings (SSSR count). The highest BCUT2D eigenvalue weighted by molar-refractivity contribution is 4.91. The first kappa shape index (κ1) is 76.4. The van der Waals surface area contributed by atoms with E-state index in [0.29, 0.717) is 59.5 Å². The summed E-state index contributed by atoms with van der Waals surface area (Å²) >= 11 is 0. The van der Waals surface area contributed by atoms with E-state index in [9.17, 15) is 0 Å². The van der Waals surface area contributed by atoms with Crippen LogP contribution in [-0.4, -0.2) is 307 Å². The van der Waals surface area contributed by atoms with Crippen LogP contribution in [-0.2, 0) is 18.9 Å². The van der Waals surface area contributed by atoms with Crippen molar-refractivity contribution in [3.05, 3.63) is 0 Å². The van der Waals surface area contributed by atoms with Gasteiger partial charge in [0.1, 0.15) is 0 Å². The first-order valence-corrected chi connectivity index (χ1v) is 31.1. The predicted molar refractivity (Wildman–Crippen MR) is 335 cm³/mol. The minimum Gasteiger partial charge on any atom is -0.379 e. The molecule has 7 heterocycles. The Balaban J connectivity index is 0.000000860. The molecule has 77 heavy (non-hydrogen) atoms. The van der Waals surface area contributed by atoms with E-state index < -0.39 is 0 Å². The van der Waals surface area contributed by atoms with E-state index in [-0.39, 0.29) is 0 Å². The van der Waals surface area contributed by atoms with Gasteiger partial charge in [0.2, 0.25) is 0 Å². The van der Waals surface area contributed by atoms with Crippen molar-refractivity contribution >= 4 is 0 Å². The number of hydrogen-bond acceptors (Lipinski definition) is 15. The lowest BCUT2D eigenvalue weighted by molar-refractivity contribution is -0.0650. The average Bonchev–Trinajstić information content (AvgIpc) is 3.28. The van der Waals surface area contributed by atoms with E-state index >= 15 is 0 Å². The smallest absolute Gasteiger partial charge is 0.0674 e. The summed E-state index contributed by atoms with van der Waals surface area (Å²) in [7, 11) is 10.6. The van der Waals surface area contributed by atoms with Crippen LogP contribution in [0, 0.1) is 0 Å². The van der Waals surface area contributed by atoms with Crippen LogP contribution in [0.4, 0.5) is 0 Å². The van der Waals surface area contributed by atoms with Gasteiger partial charge in [-0.25, -0.2) is 0 Å². The van der Waals surface area contributed by atoms with Gasteiger partial charge < -0.3 is 43.9 Å². The maximum Gasteiger partial charge on any atom is 0.0674 e. The van der Waals surface area contributed by atoms with E-state index in [0.717, 1.165) is 97.5 Å². The van der Waals surface area contributed by atoms with E-state index in [1.165, 1.54) is 71.9 Å². The van der Waals surface area contributed by atoms with Gasteiger partial charge >= 0.3 is 0 Å². The van der Waals surface area contributed by atoms with Gasteiger partial charge in [-0.05, 0) is 200 Å². The fourth-order valence-electron chi connectivity index (χ4n) is 10.3. The molecule has 7 fully saturated rings. The molecule has 7 saturated heterocycles. The summed E-state index contributed by atoms with van der Waals surface area (Å²) in [5, 5.41) is 3.42. The second kappa shape index (κ2) is 41.4. The Morgan fingerprint density at radius 3 is 1.31 bits per heavy atom. The van der Waals surface area contributed by atoms with Gasteiger partial charge in [-0.1, -0.05) is 0 Å². The molecule has 7 aliphatic rings. The van der Waals surface area contributed by atoms with Crippen molar-refractivity contribution in [3.63, 3.8) is 0 Å². The van der Waals surface area contributed by atoms with Crippen LogP contribution in [0.1, 0.15) is 152 Å². The molecule has 0 unspecified atom stereocenters. The molecule has 15 heteroatoms. The lowest BCUT2D eigenvalue weighted by Gasteiger charge is -2.48. The van der Waals surface area contributed by atoms with Gasteiger partial charge in [-0.3, -0.25) is 29.4 Å². The van der Waals surface area contributed by atoms with Crippen molar-refractivity contribution in [3.8, 4) is 0 Å². The molecule has 0 aromatic carbocycles. The van der Waals surface area contributed by atoms with Crippen molar-refractivity contribution in [1.82, 2.24) is 54.3 Å². The summed E-state index contributed by atoms with van der Waals surface area (Å²) in [6.45, 7) is 72.5. The Bertz CT molecular complexity index is 1350.